The van der Waals surface area contributed by atoms with E-state index < -0.39 is 17.7 Å². The van der Waals surface area contributed by atoms with E-state index in [9.17, 15) is 9.59 Å². The van der Waals surface area contributed by atoms with Crippen LogP contribution in [-0.2, 0) is 14.3 Å². The lowest BCUT2D eigenvalue weighted by atomic mass is 10.1. The first-order valence-electron chi connectivity index (χ1n) is 6.41. The number of hydroxylamine groups is 1. The largest absolute Gasteiger partial charge is 0.533 e. The number of benzene rings is 1. The van der Waals surface area contributed by atoms with Gasteiger partial charge in [0.1, 0.15) is 5.60 Å². The zero-order valence-corrected chi connectivity index (χ0v) is 12.9. The standard InChI is InChI=1S/C14H19N3O5/c1-14(2,3)21-11(18)9-5-7-10(8-6-9)16-12(15)17-22-13(19)20-4/h5-8H,1-4H3,(H3,15,16,17). The minimum Gasteiger partial charge on any atom is -0.456 e. The maximum atomic E-state index is 11.8. The van der Waals surface area contributed by atoms with Crippen LogP contribution in [0.3, 0.4) is 0 Å². The Morgan fingerprint density at radius 2 is 1.73 bits per heavy atom. The summed E-state index contributed by atoms with van der Waals surface area (Å²) in [6, 6.07) is 6.30. The van der Waals surface area contributed by atoms with Gasteiger partial charge in [0.05, 0.1) is 12.7 Å². The van der Waals surface area contributed by atoms with Crippen molar-refractivity contribution in [1.29, 1.82) is 5.41 Å². The van der Waals surface area contributed by atoms with Crippen molar-refractivity contribution < 1.29 is 23.9 Å². The van der Waals surface area contributed by atoms with Gasteiger partial charge in [-0.15, -0.1) is 0 Å². The fourth-order valence-electron chi connectivity index (χ4n) is 1.33. The highest BCUT2D eigenvalue weighted by molar-refractivity contribution is 5.93. The average molecular weight is 309 g/mol. The van der Waals surface area contributed by atoms with E-state index in [1.165, 1.54) is 0 Å². The first-order valence-corrected chi connectivity index (χ1v) is 6.41. The molecule has 0 aliphatic rings. The quantitative estimate of drug-likeness (QED) is 0.333. The molecule has 1 aromatic carbocycles. The van der Waals surface area contributed by atoms with Gasteiger partial charge in [-0.3, -0.25) is 5.41 Å². The Morgan fingerprint density at radius 3 is 2.23 bits per heavy atom. The van der Waals surface area contributed by atoms with Crippen molar-refractivity contribution in [3.63, 3.8) is 0 Å². The summed E-state index contributed by atoms with van der Waals surface area (Å²) in [6.07, 6.45) is -0.966. The number of anilines is 1. The fraction of sp³-hybridized carbons (Fsp3) is 0.357. The summed E-state index contributed by atoms with van der Waals surface area (Å²) < 4.78 is 9.47. The van der Waals surface area contributed by atoms with Crippen molar-refractivity contribution in [2.75, 3.05) is 12.4 Å². The second-order valence-electron chi connectivity index (χ2n) is 5.24. The van der Waals surface area contributed by atoms with Crippen LogP contribution in [0.15, 0.2) is 24.3 Å². The first kappa shape index (κ1) is 17.3. The van der Waals surface area contributed by atoms with Crippen molar-refractivity contribution in [2.45, 2.75) is 26.4 Å². The number of rotatable bonds is 2. The molecule has 0 aliphatic carbocycles. The molecule has 3 N–H and O–H groups in total. The molecular weight excluding hydrogens is 290 g/mol. The van der Waals surface area contributed by atoms with E-state index in [0.717, 1.165) is 7.11 Å². The van der Waals surface area contributed by atoms with Crippen LogP contribution in [0.4, 0.5) is 10.5 Å². The minimum absolute atomic E-state index is 0.268. The molecule has 22 heavy (non-hydrogen) atoms. The number of carbonyl (C=O) groups excluding carboxylic acids is 2. The van der Waals surface area contributed by atoms with Gasteiger partial charge in [-0.25, -0.2) is 9.59 Å². The van der Waals surface area contributed by atoms with Crippen molar-refractivity contribution in [2.24, 2.45) is 0 Å². The summed E-state index contributed by atoms with van der Waals surface area (Å²) in [7, 11) is 1.15. The van der Waals surface area contributed by atoms with Gasteiger partial charge < -0.3 is 19.6 Å². The number of hydrogen-bond acceptors (Lipinski definition) is 6. The van der Waals surface area contributed by atoms with E-state index in [0.29, 0.717) is 11.3 Å². The van der Waals surface area contributed by atoms with E-state index in [4.69, 9.17) is 10.1 Å². The molecule has 0 atom stereocenters. The predicted octanol–water partition coefficient (Wildman–Crippen LogP) is 2.28. The molecule has 0 spiro atoms. The molecule has 0 unspecified atom stereocenters. The Kier molecular flexibility index (Phi) is 5.73. The predicted molar refractivity (Wildman–Crippen MR) is 79.6 cm³/mol. The van der Waals surface area contributed by atoms with Crippen molar-refractivity contribution in [3.05, 3.63) is 29.8 Å². The first-order chi connectivity index (χ1) is 10.2. The molecule has 0 heterocycles. The monoisotopic (exact) mass is 309 g/mol. The molecular formula is C14H19N3O5. The second-order valence-corrected chi connectivity index (χ2v) is 5.24. The normalized spacial score (nSPS) is 10.4. The smallest absolute Gasteiger partial charge is 0.456 e. The topological polar surface area (TPSA) is 110 Å². The molecule has 1 aromatic rings. The van der Waals surface area contributed by atoms with Crippen LogP contribution in [0, 0.1) is 5.41 Å². The Hall–Kier alpha value is -2.77. The maximum Gasteiger partial charge on any atom is 0.533 e. The summed E-state index contributed by atoms with van der Waals surface area (Å²) >= 11 is 0. The zero-order valence-electron chi connectivity index (χ0n) is 12.9. The molecule has 1 rings (SSSR count). The summed E-state index contributed by atoms with van der Waals surface area (Å²) in [4.78, 5) is 26.9. The molecule has 0 aromatic heterocycles. The molecule has 0 aliphatic heterocycles. The SMILES string of the molecule is COC(=O)ONC(=N)Nc1ccc(C(=O)OC(C)(C)C)cc1. The van der Waals surface area contributed by atoms with E-state index in [1.807, 2.05) is 0 Å². The second kappa shape index (κ2) is 7.30. The number of guanidine groups is 1. The number of ether oxygens (including phenoxy) is 2. The number of hydrogen-bond donors (Lipinski definition) is 3. The molecule has 0 amide bonds. The molecule has 0 saturated carbocycles. The molecule has 8 heteroatoms. The summed E-state index contributed by atoms with van der Waals surface area (Å²) in [5, 5.41) is 10.1. The van der Waals surface area contributed by atoms with Crippen LogP contribution in [0.2, 0.25) is 0 Å². The molecule has 0 saturated heterocycles. The van der Waals surface area contributed by atoms with Crippen LogP contribution in [0.25, 0.3) is 0 Å². The average Bonchev–Trinajstić information content (AvgIpc) is 2.43. The lowest BCUT2D eigenvalue weighted by Gasteiger charge is -2.19. The summed E-state index contributed by atoms with van der Waals surface area (Å²) in [5.74, 6) is -0.698. The fourth-order valence-corrected chi connectivity index (χ4v) is 1.33. The Morgan fingerprint density at radius 1 is 1.14 bits per heavy atom. The minimum atomic E-state index is -0.966. The van der Waals surface area contributed by atoms with Crippen molar-refractivity contribution in [1.82, 2.24) is 5.48 Å². The van der Waals surface area contributed by atoms with E-state index in [-0.39, 0.29) is 5.96 Å². The van der Waals surface area contributed by atoms with Gasteiger partial charge in [0, 0.05) is 5.69 Å². The Bertz CT molecular complexity index is 549. The molecule has 8 nitrogen and oxygen atoms in total. The summed E-state index contributed by atoms with van der Waals surface area (Å²) in [5.41, 5.74) is 2.41. The molecule has 0 fully saturated rings. The van der Waals surface area contributed by atoms with Crippen LogP contribution in [0.5, 0.6) is 0 Å². The number of esters is 1. The van der Waals surface area contributed by atoms with Crippen LogP contribution in [-0.4, -0.2) is 30.8 Å². The van der Waals surface area contributed by atoms with Crippen LogP contribution >= 0.6 is 0 Å². The number of carbonyl (C=O) groups is 2. The molecule has 120 valence electrons. The number of nitrogens with one attached hydrogen (secondary N) is 3. The van der Waals surface area contributed by atoms with Crippen LogP contribution in [0.1, 0.15) is 31.1 Å². The molecule has 0 bridgehead atoms. The lowest BCUT2D eigenvalue weighted by molar-refractivity contribution is 0.00693. The molecule has 0 radical (unpaired) electrons. The third kappa shape index (κ3) is 6.12. The Balaban J connectivity index is 2.56. The van der Waals surface area contributed by atoms with E-state index in [1.54, 1.807) is 45.0 Å². The van der Waals surface area contributed by atoms with Crippen molar-refractivity contribution >= 4 is 23.8 Å². The lowest BCUT2D eigenvalue weighted by Crippen LogP contribution is -2.32. The van der Waals surface area contributed by atoms with Gasteiger partial charge in [-0.2, -0.15) is 5.48 Å². The summed E-state index contributed by atoms with van der Waals surface area (Å²) in [6.45, 7) is 5.36. The van der Waals surface area contributed by atoms with E-state index in [2.05, 4.69) is 20.4 Å². The van der Waals surface area contributed by atoms with Gasteiger partial charge in [-0.05, 0) is 45.0 Å². The van der Waals surface area contributed by atoms with E-state index >= 15 is 0 Å². The van der Waals surface area contributed by atoms with Gasteiger partial charge in [0.25, 0.3) is 0 Å². The Labute approximate surface area is 128 Å². The highest BCUT2D eigenvalue weighted by atomic mass is 16.8. The van der Waals surface area contributed by atoms with Crippen molar-refractivity contribution in [3.8, 4) is 0 Å². The van der Waals surface area contributed by atoms with Gasteiger partial charge >= 0.3 is 12.1 Å². The van der Waals surface area contributed by atoms with Gasteiger partial charge in [0.2, 0.25) is 5.96 Å². The van der Waals surface area contributed by atoms with Gasteiger partial charge in [-0.1, -0.05) is 0 Å². The number of methoxy groups -OCH3 is 1. The highest BCUT2D eigenvalue weighted by Crippen LogP contribution is 2.14. The maximum absolute atomic E-state index is 11.8. The van der Waals surface area contributed by atoms with Crippen LogP contribution < -0.4 is 10.8 Å². The highest BCUT2D eigenvalue weighted by Gasteiger charge is 2.17. The third-order valence-electron chi connectivity index (χ3n) is 2.19. The third-order valence-corrected chi connectivity index (χ3v) is 2.19. The van der Waals surface area contributed by atoms with Gasteiger partial charge in [0.15, 0.2) is 0 Å². The zero-order chi connectivity index (χ0) is 16.8.